The van der Waals surface area contributed by atoms with Gasteiger partial charge in [0.2, 0.25) is 0 Å². The zero-order valence-electron chi connectivity index (χ0n) is 18.4. The molecule has 0 saturated carbocycles. The van der Waals surface area contributed by atoms with Crippen molar-refractivity contribution in [2.24, 2.45) is 0 Å². The summed E-state index contributed by atoms with van der Waals surface area (Å²) in [6.07, 6.45) is -0.279. The second kappa shape index (κ2) is 9.55. The summed E-state index contributed by atoms with van der Waals surface area (Å²) in [5.41, 5.74) is 3.72. The molecule has 1 aliphatic rings. The lowest BCUT2D eigenvalue weighted by Crippen LogP contribution is -2.45. The maximum atomic E-state index is 12.7. The Kier molecular flexibility index (Phi) is 6.84. The zero-order chi connectivity index (χ0) is 22.5. The van der Waals surface area contributed by atoms with Gasteiger partial charge in [-0.25, -0.2) is 9.59 Å². The number of carbonyl (C=O) groups is 2. The molecule has 0 fully saturated rings. The van der Waals surface area contributed by atoms with Crippen LogP contribution in [0.1, 0.15) is 43.5 Å². The number of esters is 1. The van der Waals surface area contributed by atoms with Gasteiger partial charge in [-0.2, -0.15) is 0 Å². The molecule has 3 rings (SSSR count). The Hall–Kier alpha value is -3.48. The van der Waals surface area contributed by atoms with Crippen LogP contribution in [0.25, 0.3) is 0 Å². The summed E-state index contributed by atoms with van der Waals surface area (Å²) < 4.78 is 16.8. The number of methoxy groups -OCH3 is 1. The Bertz CT molecular complexity index is 996. The van der Waals surface area contributed by atoms with E-state index < -0.39 is 12.0 Å². The van der Waals surface area contributed by atoms with Crippen molar-refractivity contribution in [1.82, 2.24) is 10.6 Å². The summed E-state index contributed by atoms with van der Waals surface area (Å²) in [5, 5.41) is 5.43. The van der Waals surface area contributed by atoms with E-state index in [1.807, 2.05) is 31.2 Å². The fourth-order valence-electron chi connectivity index (χ4n) is 3.32. The van der Waals surface area contributed by atoms with Gasteiger partial charge in [0.05, 0.1) is 24.8 Å². The van der Waals surface area contributed by atoms with Gasteiger partial charge in [-0.1, -0.05) is 35.9 Å². The highest BCUT2D eigenvalue weighted by molar-refractivity contribution is 5.95. The van der Waals surface area contributed by atoms with Crippen LogP contribution < -0.4 is 20.1 Å². The predicted molar refractivity (Wildman–Crippen MR) is 117 cm³/mol. The number of nitrogens with one attached hydrogen (secondary N) is 2. The van der Waals surface area contributed by atoms with Gasteiger partial charge in [-0.15, -0.1) is 0 Å². The summed E-state index contributed by atoms with van der Waals surface area (Å²) in [6, 6.07) is 12.4. The smallest absolute Gasteiger partial charge is 0.338 e. The van der Waals surface area contributed by atoms with Crippen molar-refractivity contribution in [3.05, 3.63) is 70.4 Å². The van der Waals surface area contributed by atoms with E-state index >= 15 is 0 Å². The number of hydrogen-bond acceptors (Lipinski definition) is 5. The second-order valence-electron chi connectivity index (χ2n) is 7.71. The van der Waals surface area contributed by atoms with Gasteiger partial charge in [-0.05, 0) is 51.0 Å². The second-order valence-corrected chi connectivity index (χ2v) is 7.71. The van der Waals surface area contributed by atoms with Crippen LogP contribution in [0.2, 0.25) is 0 Å². The summed E-state index contributed by atoms with van der Waals surface area (Å²) in [5.74, 6) is 0.592. The lowest BCUT2D eigenvalue weighted by Gasteiger charge is -2.29. The highest BCUT2D eigenvalue weighted by Crippen LogP contribution is 2.35. The van der Waals surface area contributed by atoms with Crippen molar-refractivity contribution in [2.75, 3.05) is 7.11 Å². The van der Waals surface area contributed by atoms with E-state index in [2.05, 4.69) is 10.6 Å². The average Bonchev–Trinajstić information content (AvgIpc) is 2.72. The van der Waals surface area contributed by atoms with Crippen LogP contribution in [0.3, 0.4) is 0 Å². The molecule has 1 aliphatic heterocycles. The number of carbonyl (C=O) groups excluding carboxylic acids is 2. The molecule has 0 aliphatic carbocycles. The van der Waals surface area contributed by atoms with E-state index in [1.54, 1.807) is 46.1 Å². The molecule has 1 unspecified atom stereocenters. The van der Waals surface area contributed by atoms with Gasteiger partial charge in [0, 0.05) is 5.70 Å². The van der Waals surface area contributed by atoms with Crippen LogP contribution in [0, 0.1) is 6.92 Å². The molecule has 0 bridgehead atoms. The molecule has 0 radical (unpaired) electrons. The van der Waals surface area contributed by atoms with E-state index in [1.165, 1.54) is 5.56 Å². The fraction of sp³-hybridized carbons (Fsp3) is 0.333. The minimum absolute atomic E-state index is 0.279. The quantitative estimate of drug-likeness (QED) is 0.652. The summed E-state index contributed by atoms with van der Waals surface area (Å²) in [4.78, 5) is 24.8. The van der Waals surface area contributed by atoms with E-state index in [0.29, 0.717) is 34.9 Å². The molecular weight excluding hydrogens is 396 g/mol. The first-order chi connectivity index (χ1) is 14.8. The number of allylic oxidation sites excluding steroid dienone is 1. The van der Waals surface area contributed by atoms with Gasteiger partial charge in [-0.3, -0.25) is 0 Å². The van der Waals surface area contributed by atoms with Gasteiger partial charge in [0.1, 0.15) is 6.61 Å². The highest BCUT2D eigenvalue weighted by atomic mass is 16.5. The summed E-state index contributed by atoms with van der Waals surface area (Å²) in [6.45, 7) is 7.67. The summed E-state index contributed by atoms with van der Waals surface area (Å²) in [7, 11) is 1.55. The molecule has 0 aromatic heterocycles. The minimum Gasteiger partial charge on any atom is -0.493 e. The van der Waals surface area contributed by atoms with Crippen LogP contribution in [-0.2, 0) is 16.1 Å². The monoisotopic (exact) mass is 424 g/mol. The Morgan fingerprint density at radius 1 is 1.06 bits per heavy atom. The predicted octanol–water partition coefficient (Wildman–Crippen LogP) is 4.16. The number of aryl methyl sites for hydroxylation is 1. The molecule has 2 aromatic rings. The van der Waals surface area contributed by atoms with Crippen molar-refractivity contribution in [3.8, 4) is 11.5 Å². The van der Waals surface area contributed by atoms with Crippen LogP contribution in [-0.4, -0.2) is 25.2 Å². The Labute approximate surface area is 182 Å². The molecule has 1 heterocycles. The first-order valence-corrected chi connectivity index (χ1v) is 10.1. The summed E-state index contributed by atoms with van der Waals surface area (Å²) >= 11 is 0. The van der Waals surface area contributed by atoms with Crippen LogP contribution in [0.5, 0.6) is 11.5 Å². The minimum atomic E-state index is -0.667. The fourth-order valence-corrected chi connectivity index (χ4v) is 3.32. The van der Waals surface area contributed by atoms with E-state index in [-0.39, 0.29) is 12.1 Å². The van der Waals surface area contributed by atoms with Crippen LogP contribution in [0.4, 0.5) is 4.79 Å². The molecule has 2 N–H and O–H groups in total. The van der Waals surface area contributed by atoms with Crippen molar-refractivity contribution in [3.63, 3.8) is 0 Å². The molecule has 0 saturated heterocycles. The third kappa shape index (κ3) is 5.36. The maximum Gasteiger partial charge on any atom is 0.338 e. The van der Waals surface area contributed by atoms with Crippen molar-refractivity contribution in [1.29, 1.82) is 0 Å². The number of amides is 2. The lowest BCUT2D eigenvalue weighted by atomic mass is 9.95. The molecule has 7 heteroatoms. The maximum absolute atomic E-state index is 12.7. The van der Waals surface area contributed by atoms with Gasteiger partial charge < -0.3 is 24.8 Å². The first kappa shape index (κ1) is 22.2. The van der Waals surface area contributed by atoms with Crippen LogP contribution >= 0.6 is 0 Å². The standard InChI is InChI=1S/C24H28N2O5/c1-14(2)31-23(27)21-16(4)25-24(28)26-22(21)18-10-11-19(20(12-18)29-5)30-13-17-8-6-15(3)7-9-17/h6-12,14,22H,13H2,1-5H3,(H2,25,26,28). The number of urea groups is 1. The first-order valence-electron chi connectivity index (χ1n) is 10.1. The number of benzene rings is 2. The van der Waals surface area contributed by atoms with E-state index in [9.17, 15) is 9.59 Å². The molecule has 2 amide bonds. The van der Waals surface area contributed by atoms with Crippen molar-refractivity contribution in [2.45, 2.75) is 46.4 Å². The van der Waals surface area contributed by atoms with Crippen molar-refractivity contribution < 1.29 is 23.8 Å². The molecule has 164 valence electrons. The average molecular weight is 424 g/mol. The third-order valence-electron chi connectivity index (χ3n) is 4.87. The Morgan fingerprint density at radius 3 is 2.42 bits per heavy atom. The normalized spacial score (nSPS) is 15.9. The molecule has 2 aromatic carbocycles. The van der Waals surface area contributed by atoms with Gasteiger partial charge in [0.25, 0.3) is 0 Å². The number of hydrogen-bond donors (Lipinski definition) is 2. The Balaban J connectivity index is 1.87. The van der Waals surface area contributed by atoms with E-state index in [0.717, 1.165) is 5.56 Å². The van der Waals surface area contributed by atoms with Crippen molar-refractivity contribution >= 4 is 12.0 Å². The third-order valence-corrected chi connectivity index (χ3v) is 4.87. The van der Waals surface area contributed by atoms with E-state index in [4.69, 9.17) is 14.2 Å². The Morgan fingerprint density at radius 2 is 1.77 bits per heavy atom. The SMILES string of the molecule is COc1cc(C2NC(=O)NC(C)=C2C(=O)OC(C)C)ccc1OCc1ccc(C)cc1. The number of rotatable bonds is 7. The highest BCUT2D eigenvalue weighted by Gasteiger charge is 2.33. The van der Waals surface area contributed by atoms with Crippen LogP contribution in [0.15, 0.2) is 53.7 Å². The lowest BCUT2D eigenvalue weighted by molar-refractivity contribution is -0.143. The van der Waals surface area contributed by atoms with Gasteiger partial charge >= 0.3 is 12.0 Å². The molecule has 1 atom stereocenters. The van der Waals surface area contributed by atoms with Gasteiger partial charge in [0.15, 0.2) is 11.5 Å². The molecule has 0 spiro atoms. The molecular formula is C24H28N2O5. The number of ether oxygens (including phenoxy) is 3. The molecule has 31 heavy (non-hydrogen) atoms. The topological polar surface area (TPSA) is 85.9 Å². The molecule has 7 nitrogen and oxygen atoms in total. The largest absolute Gasteiger partial charge is 0.493 e. The zero-order valence-corrected chi connectivity index (χ0v) is 18.4.